The van der Waals surface area contributed by atoms with E-state index in [-0.39, 0.29) is 16.7 Å². The molecule has 2 heterocycles. The van der Waals surface area contributed by atoms with Gasteiger partial charge >= 0.3 is 15.6 Å². The Bertz CT molecular complexity index is 2000. The maximum Gasteiger partial charge on any atom is 0.534 e. The number of amides is 2. The van der Waals surface area contributed by atoms with Gasteiger partial charge in [-0.15, -0.1) is 0 Å². The van der Waals surface area contributed by atoms with Gasteiger partial charge in [-0.05, 0) is 41.0 Å². The number of hydrogen-bond donors (Lipinski definition) is 0. The summed E-state index contributed by atoms with van der Waals surface area (Å²) in [6.45, 7) is -0.415. The molecule has 0 fully saturated rings. The minimum atomic E-state index is -6.30. The predicted molar refractivity (Wildman–Crippen MR) is 153 cm³/mol. The summed E-state index contributed by atoms with van der Waals surface area (Å²) in [5.41, 5.74) is -5.78. The number of alkyl halides is 3. The van der Waals surface area contributed by atoms with Gasteiger partial charge < -0.3 is 8.92 Å². The highest BCUT2D eigenvalue weighted by Gasteiger charge is 2.51. The summed E-state index contributed by atoms with van der Waals surface area (Å²) in [6.07, 6.45) is 0.364. The summed E-state index contributed by atoms with van der Waals surface area (Å²) in [7, 11) is -6.30. The summed E-state index contributed by atoms with van der Waals surface area (Å²) in [4.78, 5) is 32.8. The lowest BCUT2D eigenvalue weighted by atomic mass is 9.99. The number of nitrogens with zero attached hydrogens (tertiary/aromatic N) is 2. The van der Waals surface area contributed by atoms with Crippen LogP contribution in [0.1, 0.15) is 43.5 Å². The molecule has 5 aromatic rings. The van der Waals surface area contributed by atoms with Crippen molar-refractivity contribution in [2.75, 3.05) is 0 Å². The van der Waals surface area contributed by atoms with Crippen molar-refractivity contribution in [1.82, 2.24) is 9.88 Å². The minimum Gasteiger partial charge on any atom is -0.478 e. The van der Waals surface area contributed by atoms with Crippen LogP contribution >= 0.6 is 0 Å². The SMILES string of the molecule is O=C1c2c(c(OC(c3ccccc3)c3ccccc3)c3ncccc3c2OS(=O)(=O)C(F)(F)F)C(=O)N1Cc1ccc(F)cc1. The van der Waals surface area contributed by atoms with Gasteiger partial charge in [-0.2, -0.15) is 21.6 Å². The van der Waals surface area contributed by atoms with E-state index in [1.54, 1.807) is 60.7 Å². The third-order valence-corrected chi connectivity index (χ3v) is 8.01. The molecule has 0 spiro atoms. The van der Waals surface area contributed by atoms with Gasteiger partial charge in [0.2, 0.25) is 0 Å². The first-order valence-corrected chi connectivity index (χ1v) is 14.7. The monoisotopic (exact) mass is 636 g/mol. The molecule has 0 atom stereocenters. The number of fused-ring (bicyclic) bond motifs is 2. The maximum absolute atomic E-state index is 14.0. The van der Waals surface area contributed by atoms with Gasteiger partial charge in [0.15, 0.2) is 11.5 Å². The van der Waals surface area contributed by atoms with E-state index < -0.39 is 62.8 Å². The van der Waals surface area contributed by atoms with Crippen LogP contribution in [-0.2, 0) is 16.7 Å². The number of ether oxygens (including phenoxy) is 1. The van der Waals surface area contributed by atoms with Crippen LogP contribution in [0.3, 0.4) is 0 Å². The number of carbonyl (C=O) groups excluding carboxylic acids is 2. The average Bonchev–Trinajstić information content (AvgIpc) is 3.27. The summed E-state index contributed by atoms with van der Waals surface area (Å²) >= 11 is 0. The lowest BCUT2D eigenvalue weighted by Crippen LogP contribution is -2.30. The molecule has 1 aromatic heterocycles. The van der Waals surface area contributed by atoms with E-state index in [1.807, 2.05) is 0 Å². The Hall–Kier alpha value is -5.30. The second-order valence-corrected chi connectivity index (χ2v) is 11.5. The van der Waals surface area contributed by atoms with Gasteiger partial charge in [0.1, 0.15) is 28.6 Å². The minimum absolute atomic E-state index is 0.217. The standard InChI is InChI=1S/C32H20F4N2O6S/c33-22-15-13-19(14-16-22)18-38-30(39)24-25(31(38)40)29(43-27(20-8-3-1-4-9-20)21-10-5-2-6-11-21)26-23(12-7-17-37-26)28(24)44-45(41,42)32(34,35)36/h1-17,27H,18H2. The Morgan fingerprint density at radius 1 is 0.756 bits per heavy atom. The molecule has 0 saturated heterocycles. The van der Waals surface area contributed by atoms with Gasteiger partial charge in [0.25, 0.3) is 11.8 Å². The fraction of sp³-hybridized carbons (Fsp3) is 0.0938. The van der Waals surface area contributed by atoms with Crippen LogP contribution in [-0.4, -0.2) is 35.6 Å². The number of hydrogen-bond acceptors (Lipinski definition) is 7. The van der Waals surface area contributed by atoms with E-state index in [0.717, 1.165) is 12.1 Å². The fourth-order valence-electron chi connectivity index (χ4n) is 5.00. The van der Waals surface area contributed by atoms with Crippen molar-refractivity contribution in [3.8, 4) is 11.5 Å². The Morgan fingerprint density at radius 2 is 1.31 bits per heavy atom. The summed E-state index contributed by atoms with van der Waals surface area (Å²) in [5, 5.41) is -0.316. The highest BCUT2D eigenvalue weighted by atomic mass is 32.2. The molecule has 13 heteroatoms. The van der Waals surface area contributed by atoms with Crippen LogP contribution in [0.25, 0.3) is 10.9 Å². The van der Waals surface area contributed by atoms with Crippen LogP contribution in [0, 0.1) is 5.82 Å². The first-order valence-electron chi connectivity index (χ1n) is 13.3. The van der Waals surface area contributed by atoms with Crippen molar-refractivity contribution in [2.45, 2.75) is 18.2 Å². The fourth-order valence-corrected chi connectivity index (χ4v) is 5.48. The Morgan fingerprint density at radius 3 is 1.87 bits per heavy atom. The zero-order valence-corrected chi connectivity index (χ0v) is 23.7. The van der Waals surface area contributed by atoms with Crippen LogP contribution in [0.5, 0.6) is 11.5 Å². The molecule has 8 nitrogen and oxygen atoms in total. The maximum atomic E-state index is 14.0. The average molecular weight is 637 g/mol. The van der Waals surface area contributed by atoms with E-state index >= 15 is 0 Å². The van der Waals surface area contributed by atoms with Crippen molar-refractivity contribution >= 4 is 32.8 Å². The first-order chi connectivity index (χ1) is 21.5. The number of imide groups is 1. The van der Waals surface area contributed by atoms with Crippen molar-refractivity contribution in [3.05, 3.63) is 137 Å². The quantitative estimate of drug-likeness (QED) is 0.0822. The number of carbonyl (C=O) groups is 2. The molecule has 228 valence electrons. The highest BCUT2D eigenvalue weighted by molar-refractivity contribution is 7.88. The molecule has 6 rings (SSSR count). The number of pyridine rings is 1. The lowest BCUT2D eigenvalue weighted by molar-refractivity contribution is -0.0499. The second-order valence-electron chi connectivity index (χ2n) is 9.93. The van der Waals surface area contributed by atoms with Crippen molar-refractivity contribution in [1.29, 1.82) is 0 Å². The third kappa shape index (κ3) is 5.46. The van der Waals surface area contributed by atoms with E-state index in [1.165, 1.54) is 30.5 Å². The van der Waals surface area contributed by atoms with Crippen LogP contribution in [0.2, 0.25) is 0 Å². The lowest BCUT2D eigenvalue weighted by Gasteiger charge is -2.23. The van der Waals surface area contributed by atoms with Gasteiger partial charge in [0.05, 0.1) is 6.54 Å². The summed E-state index contributed by atoms with van der Waals surface area (Å²) in [5.74, 6) is -4.01. The third-order valence-electron chi connectivity index (χ3n) is 7.06. The number of benzene rings is 4. The molecule has 45 heavy (non-hydrogen) atoms. The van der Waals surface area contributed by atoms with E-state index in [9.17, 15) is 35.6 Å². The molecular formula is C32H20F4N2O6S. The molecule has 4 aromatic carbocycles. The van der Waals surface area contributed by atoms with Crippen molar-refractivity contribution in [2.24, 2.45) is 0 Å². The van der Waals surface area contributed by atoms with E-state index in [0.29, 0.717) is 21.6 Å². The molecule has 0 unspecified atom stereocenters. The zero-order chi connectivity index (χ0) is 31.9. The van der Waals surface area contributed by atoms with Gasteiger partial charge in [-0.1, -0.05) is 72.8 Å². The van der Waals surface area contributed by atoms with Gasteiger partial charge in [0, 0.05) is 11.6 Å². The second kappa shape index (κ2) is 11.3. The van der Waals surface area contributed by atoms with Crippen molar-refractivity contribution in [3.63, 3.8) is 0 Å². The predicted octanol–water partition coefficient (Wildman–Crippen LogP) is 6.57. The van der Waals surface area contributed by atoms with E-state index in [4.69, 9.17) is 4.74 Å². The van der Waals surface area contributed by atoms with Crippen LogP contribution in [0.15, 0.2) is 103 Å². The largest absolute Gasteiger partial charge is 0.534 e. The summed E-state index contributed by atoms with van der Waals surface area (Å²) in [6, 6.07) is 25.0. The normalized spacial score (nSPS) is 13.4. The molecule has 1 aliphatic rings. The molecule has 0 bridgehead atoms. The van der Waals surface area contributed by atoms with Crippen LogP contribution in [0.4, 0.5) is 17.6 Å². The zero-order valence-electron chi connectivity index (χ0n) is 22.9. The number of rotatable bonds is 8. The molecule has 1 aliphatic heterocycles. The molecule has 0 radical (unpaired) electrons. The van der Waals surface area contributed by atoms with Gasteiger partial charge in [-0.25, -0.2) is 4.39 Å². The smallest absolute Gasteiger partial charge is 0.478 e. The molecule has 2 amide bonds. The highest BCUT2D eigenvalue weighted by Crippen LogP contribution is 2.47. The Labute approximate surface area is 253 Å². The molecule has 0 saturated carbocycles. The molecular weight excluding hydrogens is 616 g/mol. The number of aromatic nitrogens is 1. The first kappa shape index (κ1) is 29.8. The van der Waals surface area contributed by atoms with Gasteiger partial charge in [-0.3, -0.25) is 19.5 Å². The molecule has 0 N–H and O–H groups in total. The molecule has 0 aliphatic carbocycles. The summed E-state index contributed by atoms with van der Waals surface area (Å²) < 4.78 is 89.7. The Balaban J connectivity index is 1.60. The Kier molecular flexibility index (Phi) is 7.49. The topological polar surface area (TPSA) is 103 Å². The van der Waals surface area contributed by atoms with Crippen molar-refractivity contribution < 1.29 is 44.5 Å². The van der Waals surface area contributed by atoms with E-state index in [2.05, 4.69) is 9.17 Å². The van der Waals surface area contributed by atoms with Crippen LogP contribution < -0.4 is 8.92 Å². The number of halogens is 4.